The minimum Gasteiger partial charge on any atom is -0.388 e. The number of rotatable bonds is 3. The third-order valence-corrected chi connectivity index (χ3v) is 3.02. The van der Waals surface area contributed by atoms with Crippen LogP contribution in [0.25, 0.3) is 0 Å². The van der Waals surface area contributed by atoms with E-state index in [-0.39, 0.29) is 23.9 Å². The lowest BCUT2D eigenvalue weighted by Crippen LogP contribution is -2.36. The third kappa shape index (κ3) is 5.07. The van der Waals surface area contributed by atoms with Crippen LogP contribution in [0.5, 0.6) is 0 Å². The van der Waals surface area contributed by atoms with E-state index in [4.69, 9.17) is 5.73 Å². The fourth-order valence-electron chi connectivity index (χ4n) is 1.61. The number of hydrogen-bond acceptors (Lipinski definition) is 2. The highest BCUT2D eigenvalue weighted by Crippen LogP contribution is 2.26. The molecule has 0 aromatic heterocycles. The van der Waals surface area contributed by atoms with Crippen LogP contribution in [0.2, 0.25) is 0 Å². The number of aryl methyl sites for hydroxylation is 1. The number of nitrogens with two attached hydrogens (primary N) is 1. The molecule has 2 atom stereocenters. The molecular weight excluding hydrogens is 234 g/mol. The van der Waals surface area contributed by atoms with E-state index in [1.165, 1.54) is 5.56 Å². The standard InChI is InChI=1S/C14H23NO.ClH/c1-10-6-5-7-11(8-10)12(16)9-13(15)14(2,3)4;/h5-8,12-13,16H,9,15H2,1-4H3;1H/t12-,13-;/m0./s1. The summed E-state index contributed by atoms with van der Waals surface area (Å²) in [7, 11) is 0. The van der Waals surface area contributed by atoms with Crippen molar-refractivity contribution >= 4 is 12.4 Å². The molecule has 0 unspecified atom stereocenters. The second-order valence-electron chi connectivity index (χ2n) is 5.64. The number of halogens is 1. The number of aliphatic hydroxyl groups is 1. The monoisotopic (exact) mass is 257 g/mol. The highest BCUT2D eigenvalue weighted by molar-refractivity contribution is 5.85. The molecule has 0 amide bonds. The van der Waals surface area contributed by atoms with Gasteiger partial charge in [0.05, 0.1) is 6.10 Å². The molecule has 98 valence electrons. The van der Waals surface area contributed by atoms with Gasteiger partial charge in [-0.3, -0.25) is 0 Å². The summed E-state index contributed by atoms with van der Waals surface area (Å²) < 4.78 is 0. The molecule has 0 radical (unpaired) electrons. The van der Waals surface area contributed by atoms with Crippen molar-refractivity contribution in [3.8, 4) is 0 Å². The molecule has 0 fully saturated rings. The predicted molar refractivity (Wildman–Crippen MR) is 75.4 cm³/mol. The topological polar surface area (TPSA) is 46.2 Å². The van der Waals surface area contributed by atoms with E-state index in [0.29, 0.717) is 6.42 Å². The van der Waals surface area contributed by atoms with Crippen molar-refractivity contribution in [1.29, 1.82) is 0 Å². The minimum atomic E-state index is -0.464. The molecule has 0 saturated carbocycles. The molecule has 0 bridgehead atoms. The number of aliphatic hydroxyl groups excluding tert-OH is 1. The van der Waals surface area contributed by atoms with Crippen LogP contribution in [0.3, 0.4) is 0 Å². The van der Waals surface area contributed by atoms with Crippen LogP contribution in [0.1, 0.15) is 44.4 Å². The van der Waals surface area contributed by atoms with Crippen LogP contribution < -0.4 is 5.73 Å². The van der Waals surface area contributed by atoms with Gasteiger partial charge in [0.15, 0.2) is 0 Å². The first-order valence-corrected chi connectivity index (χ1v) is 5.81. The molecule has 1 aromatic rings. The van der Waals surface area contributed by atoms with Crippen LogP contribution in [0, 0.1) is 12.3 Å². The van der Waals surface area contributed by atoms with Crippen LogP contribution in [-0.4, -0.2) is 11.1 Å². The van der Waals surface area contributed by atoms with E-state index in [2.05, 4.69) is 20.8 Å². The van der Waals surface area contributed by atoms with Crippen molar-refractivity contribution in [2.75, 3.05) is 0 Å². The maximum absolute atomic E-state index is 10.1. The lowest BCUT2D eigenvalue weighted by atomic mass is 9.83. The molecule has 2 nitrogen and oxygen atoms in total. The van der Waals surface area contributed by atoms with Gasteiger partial charge in [0.2, 0.25) is 0 Å². The molecule has 3 N–H and O–H groups in total. The van der Waals surface area contributed by atoms with Gasteiger partial charge in [0.1, 0.15) is 0 Å². The van der Waals surface area contributed by atoms with Crippen LogP contribution in [-0.2, 0) is 0 Å². The first-order chi connectivity index (χ1) is 7.30. The zero-order valence-corrected chi connectivity index (χ0v) is 11.9. The first-order valence-electron chi connectivity index (χ1n) is 5.81. The van der Waals surface area contributed by atoms with E-state index in [1.54, 1.807) is 0 Å². The highest BCUT2D eigenvalue weighted by Gasteiger charge is 2.23. The number of hydrogen-bond donors (Lipinski definition) is 2. The van der Waals surface area contributed by atoms with Gasteiger partial charge in [-0.05, 0) is 24.3 Å². The minimum absolute atomic E-state index is 0. The molecule has 0 aliphatic rings. The summed E-state index contributed by atoms with van der Waals surface area (Å²) in [5.74, 6) is 0. The van der Waals surface area contributed by atoms with Crippen molar-refractivity contribution in [2.24, 2.45) is 11.1 Å². The summed E-state index contributed by atoms with van der Waals surface area (Å²) in [6, 6.07) is 7.96. The van der Waals surface area contributed by atoms with E-state index in [9.17, 15) is 5.11 Å². The van der Waals surface area contributed by atoms with E-state index in [0.717, 1.165) is 5.56 Å². The summed E-state index contributed by atoms with van der Waals surface area (Å²) >= 11 is 0. The first kappa shape index (κ1) is 16.4. The molecule has 1 rings (SSSR count). The maximum atomic E-state index is 10.1. The Morgan fingerprint density at radius 1 is 1.29 bits per heavy atom. The average Bonchev–Trinajstić information content (AvgIpc) is 2.16. The maximum Gasteiger partial charge on any atom is 0.0805 e. The van der Waals surface area contributed by atoms with Crippen molar-refractivity contribution in [3.05, 3.63) is 35.4 Å². The molecule has 3 heteroatoms. The lowest BCUT2D eigenvalue weighted by Gasteiger charge is -2.29. The van der Waals surface area contributed by atoms with Crippen LogP contribution >= 0.6 is 12.4 Å². The SMILES string of the molecule is Cc1cccc([C@@H](O)C[C@H](N)C(C)(C)C)c1.Cl. The van der Waals surface area contributed by atoms with Crippen molar-refractivity contribution in [2.45, 2.75) is 46.3 Å². The Bertz CT molecular complexity index is 346. The molecule has 17 heavy (non-hydrogen) atoms. The van der Waals surface area contributed by atoms with Gasteiger partial charge in [-0.2, -0.15) is 0 Å². The zero-order valence-electron chi connectivity index (χ0n) is 11.1. The highest BCUT2D eigenvalue weighted by atomic mass is 35.5. The van der Waals surface area contributed by atoms with Gasteiger partial charge in [0.25, 0.3) is 0 Å². The smallest absolute Gasteiger partial charge is 0.0805 e. The Morgan fingerprint density at radius 2 is 1.88 bits per heavy atom. The molecule has 0 heterocycles. The third-order valence-electron chi connectivity index (χ3n) is 3.02. The van der Waals surface area contributed by atoms with Crippen molar-refractivity contribution in [1.82, 2.24) is 0 Å². The fourth-order valence-corrected chi connectivity index (χ4v) is 1.61. The summed E-state index contributed by atoms with van der Waals surface area (Å²) in [5, 5.41) is 10.1. The summed E-state index contributed by atoms with van der Waals surface area (Å²) in [5.41, 5.74) is 8.23. The van der Waals surface area contributed by atoms with E-state index >= 15 is 0 Å². The van der Waals surface area contributed by atoms with Gasteiger partial charge in [-0.25, -0.2) is 0 Å². The quantitative estimate of drug-likeness (QED) is 0.874. The Hall–Kier alpha value is -0.570. The summed E-state index contributed by atoms with van der Waals surface area (Å²) in [4.78, 5) is 0. The van der Waals surface area contributed by atoms with Gasteiger partial charge in [-0.15, -0.1) is 12.4 Å². The fraction of sp³-hybridized carbons (Fsp3) is 0.571. The molecule has 1 aromatic carbocycles. The van der Waals surface area contributed by atoms with Gasteiger partial charge >= 0.3 is 0 Å². The van der Waals surface area contributed by atoms with Gasteiger partial charge < -0.3 is 10.8 Å². The average molecular weight is 258 g/mol. The second-order valence-corrected chi connectivity index (χ2v) is 5.64. The second kappa shape index (κ2) is 6.39. The summed E-state index contributed by atoms with van der Waals surface area (Å²) in [6.07, 6.45) is 0.140. The molecule has 0 aliphatic carbocycles. The number of benzene rings is 1. The molecule has 0 aliphatic heterocycles. The Balaban J connectivity index is 0.00000256. The van der Waals surface area contributed by atoms with Crippen molar-refractivity contribution < 1.29 is 5.11 Å². The molecular formula is C14H24ClNO. The van der Waals surface area contributed by atoms with Gasteiger partial charge in [-0.1, -0.05) is 50.6 Å². The normalized spacial score (nSPS) is 14.9. The van der Waals surface area contributed by atoms with E-state index in [1.807, 2.05) is 31.2 Å². The molecule has 0 spiro atoms. The predicted octanol–water partition coefficient (Wildman–Crippen LogP) is 3.21. The Kier molecular flexibility index (Phi) is 6.17. The molecule has 0 saturated heterocycles. The van der Waals surface area contributed by atoms with Crippen molar-refractivity contribution in [3.63, 3.8) is 0 Å². The lowest BCUT2D eigenvalue weighted by molar-refractivity contribution is 0.133. The van der Waals surface area contributed by atoms with Gasteiger partial charge in [0, 0.05) is 6.04 Å². The Labute approximate surface area is 111 Å². The van der Waals surface area contributed by atoms with E-state index < -0.39 is 6.10 Å². The summed E-state index contributed by atoms with van der Waals surface area (Å²) in [6.45, 7) is 8.32. The zero-order chi connectivity index (χ0) is 12.3. The van der Waals surface area contributed by atoms with Crippen LogP contribution in [0.4, 0.5) is 0 Å². The largest absolute Gasteiger partial charge is 0.388 e. The Morgan fingerprint density at radius 3 is 2.35 bits per heavy atom. The van der Waals surface area contributed by atoms with Crippen LogP contribution in [0.15, 0.2) is 24.3 Å².